The van der Waals surface area contributed by atoms with Crippen molar-refractivity contribution in [2.75, 3.05) is 66.1 Å². The maximum atomic E-state index is 6.09. The van der Waals surface area contributed by atoms with E-state index in [0.717, 1.165) is 16.7 Å². The van der Waals surface area contributed by atoms with E-state index >= 15 is 0 Å². The van der Waals surface area contributed by atoms with Crippen LogP contribution in [0, 0.1) is 0 Å². The first-order valence-corrected chi connectivity index (χ1v) is 12.9. The van der Waals surface area contributed by atoms with Crippen molar-refractivity contribution >= 4 is 5.71 Å². The molecule has 1 heterocycles. The Morgan fingerprint density at radius 3 is 1.68 bits per heavy atom. The molecule has 8 heteroatoms. The topological polar surface area (TPSA) is 77.0 Å². The molecule has 0 bridgehead atoms. The lowest BCUT2D eigenvalue weighted by molar-refractivity contribution is -0.00841. The highest BCUT2D eigenvalue weighted by atomic mass is 16.6. The molecule has 0 saturated heterocycles. The van der Waals surface area contributed by atoms with Gasteiger partial charge in [0.2, 0.25) is 0 Å². The van der Waals surface area contributed by atoms with Crippen LogP contribution in [0.25, 0.3) is 0 Å². The molecule has 202 valence electrons. The van der Waals surface area contributed by atoms with E-state index in [4.69, 9.17) is 33.3 Å². The van der Waals surface area contributed by atoms with Gasteiger partial charge in [0.25, 0.3) is 0 Å². The Morgan fingerprint density at radius 2 is 1.08 bits per heavy atom. The molecular weight excluding hydrogens is 486 g/mol. The standard InChI is InChI=1S/C30H35NO7/c1-3-7-25(8-4-1)24-38-31-30(26-9-5-2-6-10-26)27-11-12-28-29(23-27)37-22-20-35-18-16-33-14-13-32-15-17-34-19-21-36-28/h1-12,23H,13-22,24H2/b31-30+. The summed E-state index contributed by atoms with van der Waals surface area (Å²) in [4.78, 5) is 5.77. The number of benzene rings is 3. The highest BCUT2D eigenvalue weighted by Crippen LogP contribution is 2.30. The van der Waals surface area contributed by atoms with Crippen LogP contribution in [-0.4, -0.2) is 71.8 Å². The number of nitrogens with zero attached hydrogens (tertiary/aromatic N) is 1. The first kappa shape index (κ1) is 27.6. The first-order chi connectivity index (χ1) is 18.9. The Kier molecular flexibility index (Phi) is 11.9. The molecule has 0 aromatic heterocycles. The normalized spacial score (nSPS) is 16.7. The van der Waals surface area contributed by atoms with Crippen LogP contribution in [0.15, 0.2) is 84.0 Å². The van der Waals surface area contributed by atoms with Gasteiger partial charge in [-0.3, -0.25) is 0 Å². The molecule has 0 radical (unpaired) electrons. The van der Waals surface area contributed by atoms with Gasteiger partial charge < -0.3 is 33.3 Å². The smallest absolute Gasteiger partial charge is 0.161 e. The van der Waals surface area contributed by atoms with Crippen LogP contribution >= 0.6 is 0 Å². The fraction of sp³-hybridized carbons (Fsp3) is 0.367. The summed E-state index contributed by atoms with van der Waals surface area (Å²) >= 11 is 0. The molecule has 38 heavy (non-hydrogen) atoms. The van der Waals surface area contributed by atoms with Gasteiger partial charge in [-0.25, -0.2) is 0 Å². The van der Waals surface area contributed by atoms with Crippen molar-refractivity contribution in [1.82, 2.24) is 0 Å². The molecule has 0 N–H and O–H groups in total. The van der Waals surface area contributed by atoms with Crippen molar-refractivity contribution in [3.05, 3.63) is 95.6 Å². The number of ether oxygens (including phenoxy) is 6. The van der Waals surface area contributed by atoms with Gasteiger partial charge >= 0.3 is 0 Å². The number of oxime groups is 1. The van der Waals surface area contributed by atoms with E-state index in [1.165, 1.54) is 0 Å². The summed E-state index contributed by atoms with van der Waals surface area (Å²) in [5, 5.41) is 4.52. The second-order valence-corrected chi connectivity index (χ2v) is 8.37. The van der Waals surface area contributed by atoms with Crippen LogP contribution in [0.3, 0.4) is 0 Å². The number of rotatable bonds is 5. The molecule has 0 spiro atoms. The van der Waals surface area contributed by atoms with E-state index in [0.29, 0.717) is 89.9 Å². The average Bonchev–Trinajstić information content (AvgIpc) is 2.96. The number of hydrogen-bond acceptors (Lipinski definition) is 8. The van der Waals surface area contributed by atoms with Gasteiger partial charge in [-0.05, 0) is 23.8 Å². The maximum Gasteiger partial charge on any atom is 0.161 e. The predicted molar refractivity (Wildman–Crippen MR) is 144 cm³/mol. The molecule has 8 nitrogen and oxygen atoms in total. The summed E-state index contributed by atoms with van der Waals surface area (Å²) in [6.45, 7) is 5.03. The fourth-order valence-electron chi connectivity index (χ4n) is 3.68. The lowest BCUT2D eigenvalue weighted by atomic mass is 10.0. The van der Waals surface area contributed by atoms with Crippen molar-refractivity contribution in [1.29, 1.82) is 0 Å². The fourth-order valence-corrected chi connectivity index (χ4v) is 3.68. The third-order valence-corrected chi connectivity index (χ3v) is 5.58. The van der Waals surface area contributed by atoms with E-state index in [2.05, 4.69) is 5.16 Å². The van der Waals surface area contributed by atoms with Crippen LogP contribution < -0.4 is 9.47 Å². The van der Waals surface area contributed by atoms with E-state index in [9.17, 15) is 0 Å². The number of fused-ring (bicyclic) bond motifs is 1. The van der Waals surface area contributed by atoms with E-state index < -0.39 is 0 Å². The Hall–Kier alpha value is -3.43. The summed E-state index contributed by atoms with van der Waals surface area (Å²) in [6, 6.07) is 25.6. The van der Waals surface area contributed by atoms with Gasteiger partial charge in [-0.2, -0.15) is 0 Å². The quantitative estimate of drug-likeness (QED) is 0.362. The monoisotopic (exact) mass is 521 g/mol. The number of hydrogen-bond donors (Lipinski definition) is 0. The lowest BCUT2D eigenvalue weighted by Gasteiger charge is -2.16. The molecule has 1 aliphatic rings. The van der Waals surface area contributed by atoms with Crippen LogP contribution in [-0.2, 0) is 30.4 Å². The van der Waals surface area contributed by atoms with Gasteiger partial charge in [0, 0.05) is 11.1 Å². The van der Waals surface area contributed by atoms with Gasteiger partial charge in [0.15, 0.2) is 11.5 Å². The summed E-state index contributed by atoms with van der Waals surface area (Å²) in [7, 11) is 0. The molecule has 3 aromatic carbocycles. The molecule has 0 amide bonds. The van der Waals surface area contributed by atoms with E-state index in [1.54, 1.807) is 0 Å². The third kappa shape index (κ3) is 9.46. The molecule has 0 unspecified atom stereocenters. The molecule has 3 aromatic rings. The molecule has 0 fully saturated rings. The van der Waals surface area contributed by atoms with Crippen molar-refractivity contribution in [2.24, 2.45) is 5.16 Å². The Balaban J connectivity index is 1.51. The van der Waals surface area contributed by atoms with Crippen LogP contribution in [0.4, 0.5) is 0 Å². The molecule has 4 rings (SSSR count). The SMILES string of the molecule is c1ccc(CO/N=C(\c2ccccc2)c2ccc3c(c2)OCCOCCOCCOCCOCCO3)cc1. The van der Waals surface area contributed by atoms with Crippen LogP contribution in [0.5, 0.6) is 11.5 Å². The Labute approximate surface area is 224 Å². The highest BCUT2D eigenvalue weighted by molar-refractivity contribution is 6.12. The van der Waals surface area contributed by atoms with Crippen molar-refractivity contribution in [2.45, 2.75) is 6.61 Å². The zero-order valence-corrected chi connectivity index (χ0v) is 21.6. The lowest BCUT2D eigenvalue weighted by Crippen LogP contribution is -2.16. The zero-order valence-electron chi connectivity index (χ0n) is 21.6. The van der Waals surface area contributed by atoms with Crippen LogP contribution in [0.1, 0.15) is 16.7 Å². The van der Waals surface area contributed by atoms with Gasteiger partial charge in [0.05, 0.1) is 52.9 Å². The second kappa shape index (κ2) is 16.4. The second-order valence-electron chi connectivity index (χ2n) is 8.37. The average molecular weight is 522 g/mol. The summed E-state index contributed by atoms with van der Waals surface area (Å²) in [6.07, 6.45) is 0. The predicted octanol–water partition coefficient (Wildman–Crippen LogP) is 4.49. The molecule has 0 atom stereocenters. The van der Waals surface area contributed by atoms with E-state index in [-0.39, 0.29) is 0 Å². The van der Waals surface area contributed by atoms with E-state index in [1.807, 2.05) is 78.9 Å². The molecular formula is C30H35NO7. The van der Waals surface area contributed by atoms with Gasteiger partial charge in [0.1, 0.15) is 25.5 Å². The van der Waals surface area contributed by atoms with Crippen LogP contribution in [0.2, 0.25) is 0 Å². The van der Waals surface area contributed by atoms with Crippen molar-refractivity contribution in [3.63, 3.8) is 0 Å². The van der Waals surface area contributed by atoms with Gasteiger partial charge in [-0.15, -0.1) is 0 Å². The molecule has 0 saturated carbocycles. The minimum atomic E-state index is 0.363. The Morgan fingerprint density at radius 1 is 0.553 bits per heavy atom. The van der Waals surface area contributed by atoms with Gasteiger partial charge in [-0.1, -0.05) is 65.8 Å². The van der Waals surface area contributed by atoms with Crippen molar-refractivity contribution < 1.29 is 33.3 Å². The summed E-state index contributed by atoms with van der Waals surface area (Å²) in [5.74, 6) is 1.22. The molecule has 1 aliphatic heterocycles. The summed E-state index contributed by atoms with van der Waals surface area (Å²) in [5.41, 5.74) is 3.52. The maximum absolute atomic E-state index is 6.09. The highest BCUT2D eigenvalue weighted by Gasteiger charge is 2.14. The minimum Gasteiger partial charge on any atom is -0.487 e. The minimum absolute atomic E-state index is 0.363. The zero-order chi connectivity index (χ0) is 26.1. The first-order valence-electron chi connectivity index (χ1n) is 12.9. The Bertz CT molecular complexity index is 1090. The summed E-state index contributed by atoms with van der Waals surface area (Å²) < 4.78 is 34.3. The largest absolute Gasteiger partial charge is 0.487 e. The molecule has 0 aliphatic carbocycles. The third-order valence-electron chi connectivity index (χ3n) is 5.58. The van der Waals surface area contributed by atoms with Crippen molar-refractivity contribution in [3.8, 4) is 11.5 Å².